The van der Waals surface area contributed by atoms with Crippen molar-refractivity contribution in [3.8, 4) is 11.1 Å². The summed E-state index contributed by atoms with van der Waals surface area (Å²) in [4.78, 5) is 0. The van der Waals surface area contributed by atoms with Crippen molar-refractivity contribution in [2.75, 3.05) is 0 Å². The van der Waals surface area contributed by atoms with E-state index >= 15 is 0 Å². The fourth-order valence-corrected chi connectivity index (χ4v) is 2.23. The molecule has 0 aliphatic carbocycles. The van der Waals surface area contributed by atoms with Crippen molar-refractivity contribution in [3.63, 3.8) is 0 Å². The summed E-state index contributed by atoms with van der Waals surface area (Å²) in [5.74, 6) is 0. The van der Waals surface area contributed by atoms with Gasteiger partial charge in [0.15, 0.2) is 0 Å². The molecule has 0 aromatic heterocycles. The molecular weight excluding hydrogens is 246 g/mol. The maximum Gasteiger partial charge on any atom is 0.488 e. The van der Waals surface area contributed by atoms with Crippen LogP contribution in [0.3, 0.4) is 0 Å². The van der Waals surface area contributed by atoms with E-state index in [1.54, 1.807) is 12.1 Å². The second kappa shape index (κ2) is 5.57. The Morgan fingerprint density at radius 2 is 1.78 bits per heavy atom. The third-order valence-electron chi connectivity index (χ3n) is 2.98. The second-order valence-electron chi connectivity index (χ2n) is 4.12. The molecule has 92 valence electrons. The zero-order valence-corrected chi connectivity index (χ0v) is 10.9. The second-order valence-corrected chi connectivity index (χ2v) is 4.53. The molecule has 0 saturated carbocycles. The molecule has 0 unspecified atom stereocenters. The first kappa shape index (κ1) is 13.2. The molecule has 0 atom stereocenters. The molecule has 0 amide bonds. The summed E-state index contributed by atoms with van der Waals surface area (Å²) in [5.41, 5.74) is 3.47. The summed E-state index contributed by atoms with van der Waals surface area (Å²) >= 11 is 6.19. The van der Waals surface area contributed by atoms with Crippen LogP contribution in [0.2, 0.25) is 5.02 Å². The van der Waals surface area contributed by atoms with Gasteiger partial charge in [-0.3, -0.25) is 0 Å². The van der Waals surface area contributed by atoms with Crippen molar-refractivity contribution in [1.29, 1.82) is 0 Å². The Morgan fingerprint density at radius 1 is 1.06 bits per heavy atom. The van der Waals surface area contributed by atoms with Crippen molar-refractivity contribution in [2.24, 2.45) is 0 Å². The third-order valence-corrected chi connectivity index (χ3v) is 3.31. The van der Waals surface area contributed by atoms with Crippen LogP contribution >= 0.6 is 11.6 Å². The first-order valence-electron chi connectivity index (χ1n) is 5.87. The summed E-state index contributed by atoms with van der Waals surface area (Å²) in [7, 11) is -1.46. The van der Waals surface area contributed by atoms with Crippen molar-refractivity contribution >= 4 is 24.2 Å². The lowest BCUT2D eigenvalue weighted by atomic mass is 9.78. The zero-order chi connectivity index (χ0) is 13.1. The quantitative estimate of drug-likeness (QED) is 0.831. The van der Waals surface area contributed by atoms with Gasteiger partial charge >= 0.3 is 7.12 Å². The number of aryl methyl sites for hydroxylation is 1. The summed E-state index contributed by atoms with van der Waals surface area (Å²) in [6, 6.07) is 13.0. The van der Waals surface area contributed by atoms with E-state index in [2.05, 4.69) is 6.92 Å². The van der Waals surface area contributed by atoms with E-state index in [1.165, 1.54) is 0 Å². The van der Waals surface area contributed by atoms with Gasteiger partial charge in [0, 0.05) is 10.6 Å². The number of halogens is 1. The van der Waals surface area contributed by atoms with Gasteiger partial charge in [-0.2, -0.15) is 0 Å². The van der Waals surface area contributed by atoms with E-state index in [0.717, 1.165) is 23.1 Å². The molecule has 0 fully saturated rings. The molecule has 2 N–H and O–H groups in total. The van der Waals surface area contributed by atoms with Crippen LogP contribution in [0.25, 0.3) is 11.1 Å². The van der Waals surface area contributed by atoms with Crippen LogP contribution in [0.4, 0.5) is 0 Å². The highest BCUT2D eigenvalue weighted by atomic mass is 35.5. The Balaban J connectivity index is 2.61. The first-order valence-corrected chi connectivity index (χ1v) is 6.25. The molecule has 0 aliphatic rings. The van der Waals surface area contributed by atoms with E-state index in [4.69, 9.17) is 11.6 Å². The predicted molar refractivity (Wildman–Crippen MR) is 76.1 cm³/mol. The van der Waals surface area contributed by atoms with Gasteiger partial charge in [0.2, 0.25) is 0 Å². The molecule has 4 heteroatoms. The molecule has 18 heavy (non-hydrogen) atoms. The van der Waals surface area contributed by atoms with E-state index < -0.39 is 7.12 Å². The minimum Gasteiger partial charge on any atom is -0.423 e. The summed E-state index contributed by atoms with van der Waals surface area (Å²) in [5, 5.41) is 19.2. The van der Waals surface area contributed by atoms with Gasteiger partial charge < -0.3 is 10.0 Å². The average Bonchev–Trinajstić information content (AvgIpc) is 2.38. The number of hydrogen-bond acceptors (Lipinski definition) is 2. The highest BCUT2D eigenvalue weighted by Gasteiger charge is 2.14. The molecule has 2 rings (SSSR count). The first-order chi connectivity index (χ1) is 8.63. The van der Waals surface area contributed by atoms with E-state index in [1.807, 2.05) is 30.3 Å². The van der Waals surface area contributed by atoms with E-state index in [-0.39, 0.29) is 0 Å². The molecule has 0 aliphatic heterocycles. The zero-order valence-electron chi connectivity index (χ0n) is 10.1. The summed E-state index contributed by atoms with van der Waals surface area (Å²) < 4.78 is 0. The van der Waals surface area contributed by atoms with Gasteiger partial charge in [-0.05, 0) is 29.1 Å². The Kier molecular flexibility index (Phi) is 4.07. The Labute approximate surface area is 112 Å². The lowest BCUT2D eigenvalue weighted by Gasteiger charge is -2.12. The fraction of sp³-hybridized carbons (Fsp3) is 0.143. The normalized spacial score (nSPS) is 10.4. The Bertz CT molecular complexity index is 555. The standard InChI is InChI=1S/C14H14BClO2/c1-2-10-7-8-11(15(17)18)9-13(10)12-5-3-4-6-14(12)16/h3-9,17-18H,2H2,1H3. The molecule has 0 bridgehead atoms. The van der Waals surface area contributed by atoms with Crippen LogP contribution < -0.4 is 5.46 Å². The highest BCUT2D eigenvalue weighted by Crippen LogP contribution is 2.30. The van der Waals surface area contributed by atoms with Crippen LogP contribution in [-0.2, 0) is 6.42 Å². The molecule has 2 aromatic rings. The topological polar surface area (TPSA) is 40.5 Å². The minimum atomic E-state index is -1.46. The molecule has 0 heterocycles. The molecular formula is C14H14BClO2. The summed E-state index contributed by atoms with van der Waals surface area (Å²) in [6.45, 7) is 2.06. The molecule has 2 aromatic carbocycles. The largest absolute Gasteiger partial charge is 0.488 e. The smallest absolute Gasteiger partial charge is 0.423 e. The van der Waals surface area contributed by atoms with Gasteiger partial charge in [0.1, 0.15) is 0 Å². The number of benzene rings is 2. The maximum atomic E-state index is 9.25. The van der Waals surface area contributed by atoms with Gasteiger partial charge in [0.25, 0.3) is 0 Å². The van der Waals surface area contributed by atoms with E-state index in [9.17, 15) is 10.0 Å². The lowest BCUT2D eigenvalue weighted by Crippen LogP contribution is -2.29. The predicted octanol–water partition coefficient (Wildman–Crippen LogP) is 2.25. The van der Waals surface area contributed by atoms with Crippen LogP contribution in [0.1, 0.15) is 12.5 Å². The highest BCUT2D eigenvalue weighted by molar-refractivity contribution is 6.58. The molecule has 0 saturated heterocycles. The third kappa shape index (κ3) is 2.59. The Morgan fingerprint density at radius 3 is 2.39 bits per heavy atom. The SMILES string of the molecule is CCc1ccc(B(O)O)cc1-c1ccccc1Cl. The number of rotatable bonds is 3. The van der Waals surface area contributed by atoms with Crippen molar-refractivity contribution in [2.45, 2.75) is 13.3 Å². The van der Waals surface area contributed by atoms with Gasteiger partial charge in [-0.15, -0.1) is 0 Å². The van der Waals surface area contributed by atoms with Gasteiger partial charge in [-0.1, -0.05) is 54.9 Å². The van der Waals surface area contributed by atoms with Crippen LogP contribution in [0, 0.1) is 0 Å². The van der Waals surface area contributed by atoms with Crippen LogP contribution in [0.15, 0.2) is 42.5 Å². The molecule has 0 radical (unpaired) electrons. The Hall–Kier alpha value is -1.29. The summed E-state index contributed by atoms with van der Waals surface area (Å²) in [6.07, 6.45) is 0.863. The molecule has 0 spiro atoms. The monoisotopic (exact) mass is 260 g/mol. The van der Waals surface area contributed by atoms with Crippen molar-refractivity contribution in [3.05, 3.63) is 53.1 Å². The molecule has 2 nitrogen and oxygen atoms in total. The minimum absolute atomic E-state index is 0.474. The van der Waals surface area contributed by atoms with E-state index in [0.29, 0.717) is 10.5 Å². The number of hydrogen-bond donors (Lipinski definition) is 2. The van der Waals surface area contributed by atoms with Crippen LogP contribution in [0.5, 0.6) is 0 Å². The van der Waals surface area contributed by atoms with Gasteiger partial charge in [0.05, 0.1) is 0 Å². The fourth-order valence-electron chi connectivity index (χ4n) is 1.99. The van der Waals surface area contributed by atoms with Crippen LogP contribution in [-0.4, -0.2) is 17.2 Å². The van der Waals surface area contributed by atoms with Crippen molar-refractivity contribution in [1.82, 2.24) is 0 Å². The van der Waals surface area contributed by atoms with Gasteiger partial charge in [-0.25, -0.2) is 0 Å². The van der Waals surface area contributed by atoms with Crippen molar-refractivity contribution < 1.29 is 10.0 Å². The lowest BCUT2D eigenvalue weighted by molar-refractivity contribution is 0.426. The maximum absolute atomic E-state index is 9.25. The average molecular weight is 261 g/mol.